The van der Waals surface area contributed by atoms with Gasteiger partial charge in [-0.2, -0.15) is 18.4 Å². The Hall–Kier alpha value is -4.24. The fourth-order valence-corrected chi connectivity index (χ4v) is 5.54. The van der Waals surface area contributed by atoms with Crippen molar-refractivity contribution in [2.24, 2.45) is 5.73 Å². The molecule has 12 heteroatoms. The van der Waals surface area contributed by atoms with E-state index >= 15 is 0 Å². The number of ether oxygens (including phenoxy) is 1. The number of methoxy groups -OCH3 is 1. The van der Waals surface area contributed by atoms with Gasteiger partial charge in [0.25, 0.3) is 5.91 Å². The predicted molar refractivity (Wildman–Crippen MR) is 131 cm³/mol. The van der Waals surface area contributed by atoms with E-state index in [2.05, 4.69) is 10.1 Å². The average Bonchev–Trinajstić information content (AvgIpc) is 3.22. The van der Waals surface area contributed by atoms with Crippen molar-refractivity contribution in [2.45, 2.75) is 30.3 Å². The minimum Gasteiger partial charge on any atom is -0.469 e. The molecule has 2 aromatic carbocycles. The molecule has 38 heavy (non-hydrogen) atoms. The molecule has 2 heterocycles. The second kappa shape index (κ2) is 10.6. The zero-order valence-corrected chi connectivity index (χ0v) is 20.7. The van der Waals surface area contributed by atoms with Gasteiger partial charge in [-0.3, -0.25) is 19.3 Å². The van der Waals surface area contributed by atoms with Crippen LogP contribution in [0.3, 0.4) is 0 Å². The van der Waals surface area contributed by atoms with Crippen molar-refractivity contribution < 1.29 is 32.3 Å². The molecule has 1 fully saturated rings. The Morgan fingerprint density at radius 3 is 2.39 bits per heavy atom. The first kappa shape index (κ1) is 26.8. The summed E-state index contributed by atoms with van der Waals surface area (Å²) < 4.78 is 44.2. The Balaban J connectivity index is 1.82. The maximum atomic E-state index is 13.6. The Kier molecular flexibility index (Phi) is 7.50. The molecule has 2 aromatic rings. The summed E-state index contributed by atoms with van der Waals surface area (Å²) in [6.07, 6.45) is -4.89. The minimum absolute atomic E-state index is 0.0304. The molecule has 0 spiro atoms. The largest absolute Gasteiger partial charge is 0.469 e. The molecule has 196 valence electrons. The summed E-state index contributed by atoms with van der Waals surface area (Å²) in [7, 11) is 1.17. The standard InChI is InChI=1S/C26H21F3N4O4S/c1-37-19(34)11-18-24(36)33-22(31)17(12-30)20(15-7-9-16(10-8-15)26(27,28)29)21(25(33)38-18)23(35)32-13-14-5-3-2-4-6-14/h2-10,18,20H,11,13,31H2,1H3,(H,32,35). The highest BCUT2D eigenvalue weighted by molar-refractivity contribution is 8.04. The fraction of sp³-hybridized carbons (Fsp3) is 0.231. The number of alkyl halides is 3. The number of nitrogens with one attached hydrogen (secondary N) is 1. The van der Waals surface area contributed by atoms with Crippen LogP contribution in [0.15, 0.2) is 76.6 Å². The zero-order valence-electron chi connectivity index (χ0n) is 19.9. The van der Waals surface area contributed by atoms with Crippen molar-refractivity contribution in [2.75, 3.05) is 7.11 Å². The van der Waals surface area contributed by atoms with E-state index in [-0.39, 0.29) is 40.5 Å². The van der Waals surface area contributed by atoms with Crippen LogP contribution in [0, 0.1) is 11.3 Å². The molecule has 8 nitrogen and oxygen atoms in total. The molecule has 0 bridgehead atoms. The third-order valence-electron chi connectivity index (χ3n) is 6.09. The highest BCUT2D eigenvalue weighted by atomic mass is 32.2. The summed E-state index contributed by atoms with van der Waals surface area (Å²) >= 11 is 0.917. The van der Waals surface area contributed by atoms with Gasteiger partial charge in [0.2, 0.25) is 5.91 Å². The van der Waals surface area contributed by atoms with Gasteiger partial charge in [0.05, 0.1) is 47.3 Å². The molecule has 1 saturated heterocycles. The number of allylic oxidation sites excluding steroid dienone is 1. The number of halogens is 3. The number of nitriles is 1. The van der Waals surface area contributed by atoms with Crippen LogP contribution < -0.4 is 11.1 Å². The number of benzene rings is 2. The highest BCUT2D eigenvalue weighted by Gasteiger charge is 2.48. The van der Waals surface area contributed by atoms with Crippen LogP contribution in [0.25, 0.3) is 0 Å². The smallest absolute Gasteiger partial charge is 0.416 e. The van der Waals surface area contributed by atoms with Crippen LogP contribution in [-0.2, 0) is 31.8 Å². The van der Waals surface area contributed by atoms with Crippen LogP contribution in [0.4, 0.5) is 13.2 Å². The lowest BCUT2D eigenvalue weighted by Gasteiger charge is -2.32. The van der Waals surface area contributed by atoms with Gasteiger partial charge in [-0.15, -0.1) is 0 Å². The number of hydrogen-bond donors (Lipinski definition) is 2. The summed E-state index contributed by atoms with van der Waals surface area (Å²) in [6.45, 7) is 0.113. The quantitative estimate of drug-likeness (QED) is 0.535. The Labute approximate surface area is 219 Å². The normalized spacial score (nSPS) is 19.2. The number of esters is 1. The van der Waals surface area contributed by atoms with Crippen LogP contribution in [0.5, 0.6) is 0 Å². The lowest BCUT2D eigenvalue weighted by atomic mass is 9.82. The van der Waals surface area contributed by atoms with Crippen LogP contribution in [0.2, 0.25) is 0 Å². The van der Waals surface area contributed by atoms with Gasteiger partial charge in [0.1, 0.15) is 11.1 Å². The molecule has 2 amide bonds. The van der Waals surface area contributed by atoms with Crippen molar-refractivity contribution in [1.82, 2.24) is 10.2 Å². The van der Waals surface area contributed by atoms with Gasteiger partial charge in [-0.1, -0.05) is 54.2 Å². The summed E-state index contributed by atoms with van der Waals surface area (Å²) in [5, 5.41) is 11.9. The third-order valence-corrected chi connectivity index (χ3v) is 7.37. The fourth-order valence-electron chi connectivity index (χ4n) is 4.22. The van der Waals surface area contributed by atoms with E-state index in [4.69, 9.17) is 5.73 Å². The topological polar surface area (TPSA) is 126 Å². The van der Waals surface area contributed by atoms with E-state index in [1.54, 1.807) is 24.3 Å². The monoisotopic (exact) mass is 542 g/mol. The van der Waals surface area contributed by atoms with Crippen molar-refractivity contribution in [1.29, 1.82) is 5.26 Å². The Morgan fingerprint density at radius 1 is 1.16 bits per heavy atom. The molecule has 2 atom stereocenters. The molecule has 0 aromatic heterocycles. The van der Waals surface area contributed by atoms with Gasteiger partial charge in [0, 0.05) is 6.54 Å². The lowest BCUT2D eigenvalue weighted by molar-refractivity contribution is -0.142. The van der Waals surface area contributed by atoms with Crippen molar-refractivity contribution in [3.05, 3.63) is 93.3 Å². The number of carbonyl (C=O) groups excluding carboxylic acids is 3. The van der Waals surface area contributed by atoms with Crippen LogP contribution in [0.1, 0.15) is 29.0 Å². The molecule has 2 aliphatic heterocycles. The molecule has 0 saturated carbocycles. The van der Waals surface area contributed by atoms with Crippen LogP contribution >= 0.6 is 11.8 Å². The lowest BCUT2D eigenvalue weighted by Crippen LogP contribution is -2.40. The summed E-state index contributed by atoms with van der Waals surface area (Å²) in [6, 6.07) is 14.9. The SMILES string of the molecule is COC(=O)CC1SC2=C(C(=O)NCc3ccccc3)C(c3ccc(C(F)(F)F)cc3)C(C#N)=C(N)N2C1=O. The number of nitrogens with zero attached hydrogens (tertiary/aromatic N) is 2. The van der Waals surface area contributed by atoms with E-state index in [0.29, 0.717) is 0 Å². The summed E-state index contributed by atoms with van der Waals surface area (Å²) in [4.78, 5) is 39.7. The highest BCUT2D eigenvalue weighted by Crippen LogP contribution is 2.50. The maximum absolute atomic E-state index is 13.6. The van der Waals surface area contributed by atoms with E-state index < -0.39 is 40.7 Å². The van der Waals surface area contributed by atoms with Crippen molar-refractivity contribution >= 4 is 29.5 Å². The minimum atomic E-state index is -4.59. The number of hydrogen-bond acceptors (Lipinski definition) is 7. The molecule has 2 unspecified atom stereocenters. The Bertz CT molecular complexity index is 1380. The molecule has 4 rings (SSSR count). The van der Waals surface area contributed by atoms with Gasteiger partial charge < -0.3 is 15.8 Å². The second-order valence-electron chi connectivity index (χ2n) is 8.41. The first-order chi connectivity index (χ1) is 18.1. The summed E-state index contributed by atoms with van der Waals surface area (Å²) in [5.74, 6) is -3.31. The van der Waals surface area contributed by atoms with E-state index in [0.717, 1.165) is 34.4 Å². The van der Waals surface area contributed by atoms with Crippen molar-refractivity contribution in [3.63, 3.8) is 0 Å². The van der Waals surface area contributed by atoms with Gasteiger partial charge in [0.15, 0.2) is 0 Å². The van der Waals surface area contributed by atoms with E-state index in [9.17, 15) is 32.8 Å². The van der Waals surface area contributed by atoms with Gasteiger partial charge in [-0.05, 0) is 23.3 Å². The first-order valence-corrected chi connectivity index (χ1v) is 12.1. The Morgan fingerprint density at radius 2 is 1.82 bits per heavy atom. The molecular weight excluding hydrogens is 521 g/mol. The number of amides is 2. The molecule has 2 aliphatic rings. The first-order valence-electron chi connectivity index (χ1n) is 11.3. The zero-order chi connectivity index (χ0) is 27.6. The number of thioether (sulfide) groups is 1. The summed E-state index contributed by atoms with van der Waals surface area (Å²) in [5.41, 5.74) is 6.11. The van der Waals surface area contributed by atoms with Crippen LogP contribution in [-0.4, -0.2) is 35.0 Å². The second-order valence-corrected chi connectivity index (χ2v) is 9.60. The number of carbonyl (C=O) groups is 3. The van der Waals surface area contributed by atoms with Crippen molar-refractivity contribution in [3.8, 4) is 6.07 Å². The maximum Gasteiger partial charge on any atom is 0.416 e. The molecule has 0 aliphatic carbocycles. The van der Waals surface area contributed by atoms with Gasteiger partial charge in [-0.25, -0.2) is 0 Å². The average molecular weight is 543 g/mol. The van der Waals surface area contributed by atoms with E-state index in [1.165, 1.54) is 19.2 Å². The molecular formula is C26H21F3N4O4S. The van der Waals surface area contributed by atoms with E-state index in [1.807, 2.05) is 12.1 Å². The molecule has 0 radical (unpaired) electrons. The van der Waals surface area contributed by atoms with Gasteiger partial charge >= 0.3 is 12.1 Å². The third kappa shape index (κ3) is 5.10. The predicted octanol–water partition coefficient (Wildman–Crippen LogP) is 3.53. The molecule has 3 N–H and O–H groups in total. The number of rotatable bonds is 6. The number of fused-ring (bicyclic) bond motifs is 1. The number of nitrogens with two attached hydrogens (primary N) is 1.